The first kappa shape index (κ1) is 20.0. The minimum absolute atomic E-state index is 0. The Hall–Kier alpha value is -0.0300. The maximum Gasteiger partial charge on any atom is 0.0473 e. The molecule has 0 bridgehead atoms. The molecule has 0 spiro atoms. The number of piperidine rings is 1. The van der Waals surface area contributed by atoms with Crippen LogP contribution in [0.1, 0.15) is 24.4 Å². The number of halogens is 3. The fourth-order valence-corrected chi connectivity index (χ4v) is 3.60. The minimum atomic E-state index is 0. The van der Waals surface area contributed by atoms with Gasteiger partial charge in [-0.25, -0.2) is 0 Å². The molecule has 6 heteroatoms. The van der Waals surface area contributed by atoms with Gasteiger partial charge in [-0.15, -0.1) is 24.8 Å². The van der Waals surface area contributed by atoms with E-state index in [9.17, 15) is 0 Å². The van der Waals surface area contributed by atoms with Crippen LogP contribution in [-0.2, 0) is 0 Å². The number of benzene rings is 1. The predicted octanol–water partition coefficient (Wildman–Crippen LogP) is 3.13. The van der Waals surface area contributed by atoms with E-state index in [1.54, 1.807) is 0 Å². The van der Waals surface area contributed by atoms with Gasteiger partial charge in [0.05, 0.1) is 0 Å². The van der Waals surface area contributed by atoms with Gasteiger partial charge in [-0.2, -0.15) is 0 Å². The second-order valence-corrected chi connectivity index (χ2v) is 6.40. The lowest BCUT2D eigenvalue weighted by atomic mass is 9.95. The number of hydrogen-bond donors (Lipinski definition) is 2. The zero-order valence-corrected chi connectivity index (χ0v) is 15.2. The maximum absolute atomic E-state index is 6.16. The fraction of sp³-hybridized carbons (Fsp3) is 0.625. The van der Waals surface area contributed by atoms with E-state index in [0.29, 0.717) is 6.04 Å². The number of piperazine rings is 1. The van der Waals surface area contributed by atoms with Crippen molar-refractivity contribution in [1.82, 2.24) is 15.5 Å². The van der Waals surface area contributed by atoms with Crippen LogP contribution in [0.15, 0.2) is 24.3 Å². The van der Waals surface area contributed by atoms with E-state index in [4.69, 9.17) is 11.6 Å². The van der Waals surface area contributed by atoms with Crippen molar-refractivity contribution in [2.75, 3.05) is 39.3 Å². The van der Waals surface area contributed by atoms with Gasteiger partial charge in [-0.1, -0.05) is 23.7 Å². The highest BCUT2D eigenvalue weighted by Gasteiger charge is 2.26. The van der Waals surface area contributed by atoms with Crippen LogP contribution in [0.4, 0.5) is 0 Å². The molecular weight excluding hydrogens is 341 g/mol. The smallest absolute Gasteiger partial charge is 0.0473 e. The normalized spacial score (nSPS) is 23.4. The highest BCUT2D eigenvalue weighted by molar-refractivity contribution is 6.30. The van der Waals surface area contributed by atoms with Gasteiger partial charge in [-0.05, 0) is 49.5 Å². The third-order valence-corrected chi connectivity index (χ3v) is 4.77. The summed E-state index contributed by atoms with van der Waals surface area (Å²) in [5.41, 5.74) is 1.35. The number of nitrogens with zero attached hydrogens (tertiary/aromatic N) is 1. The first-order valence-electron chi connectivity index (χ1n) is 7.74. The van der Waals surface area contributed by atoms with Crippen molar-refractivity contribution in [2.24, 2.45) is 5.92 Å². The molecule has 0 aliphatic carbocycles. The second kappa shape index (κ2) is 9.96. The number of nitrogens with one attached hydrogen (secondary N) is 2. The quantitative estimate of drug-likeness (QED) is 0.860. The van der Waals surface area contributed by atoms with Crippen molar-refractivity contribution in [1.29, 1.82) is 0 Å². The zero-order chi connectivity index (χ0) is 13.8. The van der Waals surface area contributed by atoms with Crippen molar-refractivity contribution in [3.8, 4) is 0 Å². The molecule has 1 atom stereocenters. The molecule has 1 aromatic rings. The third kappa shape index (κ3) is 5.26. The summed E-state index contributed by atoms with van der Waals surface area (Å²) >= 11 is 6.16. The Morgan fingerprint density at radius 2 is 1.86 bits per heavy atom. The van der Waals surface area contributed by atoms with E-state index in [1.807, 2.05) is 6.07 Å². The molecule has 1 aromatic carbocycles. The number of rotatable bonds is 3. The van der Waals surface area contributed by atoms with Crippen LogP contribution < -0.4 is 10.6 Å². The molecule has 2 heterocycles. The lowest BCUT2D eigenvalue weighted by Crippen LogP contribution is -2.48. The molecule has 0 radical (unpaired) electrons. The van der Waals surface area contributed by atoms with Gasteiger partial charge < -0.3 is 10.6 Å². The molecule has 3 rings (SSSR count). The lowest BCUT2D eigenvalue weighted by molar-refractivity contribution is 0.126. The average Bonchev–Trinajstić information content (AvgIpc) is 2.49. The minimum Gasteiger partial charge on any atom is -0.317 e. The standard InChI is InChI=1S/C16H24ClN3.2ClH/c17-15-3-1-2-14(10-15)16-11-19-8-9-20(16)12-13-4-6-18-7-5-13;;/h1-3,10,13,16,18-19H,4-9,11-12H2;2*1H. The molecule has 0 amide bonds. The van der Waals surface area contributed by atoms with Gasteiger partial charge >= 0.3 is 0 Å². The Morgan fingerprint density at radius 1 is 1.09 bits per heavy atom. The Morgan fingerprint density at radius 3 is 2.59 bits per heavy atom. The van der Waals surface area contributed by atoms with Crippen LogP contribution in [0, 0.1) is 5.92 Å². The molecule has 0 aromatic heterocycles. The molecule has 3 nitrogen and oxygen atoms in total. The SMILES string of the molecule is Cl.Cl.Clc1cccc(C2CNCCN2CC2CCNCC2)c1. The summed E-state index contributed by atoms with van der Waals surface area (Å²) in [6.07, 6.45) is 2.62. The Bertz CT molecular complexity index is 438. The van der Waals surface area contributed by atoms with E-state index in [-0.39, 0.29) is 24.8 Å². The summed E-state index contributed by atoms with van der Waals surface area (Å²) in [4.78, 5) is 2.65. The maximum atomic E-state index is 6.16. The van der Waals surface area contributed by atoms with Crippen LogP contribution >= 0.6 is 36.4 Å². The summed E-state index contributed by atoms with van der Waals surface area (Å²) in [5, 5.41) is 7.82. The Kier molecular flexibility index (Phi) is 9.07. The number of hydrogen-bond acceptors (Lipinski definition) is 3. The average molecular weight is 367 g/mol. The van der Waals surface area contributed by atoms with Gasteiger partial charge in [-0.3, -0.25) is 4.90 Å². The van der Waals surface area contributed by atoms with Crippen molar-refractivity contribution < 1.29 is 0 Å². The van der Waals surface area contributed by atoms with Crippen LogP contribution in [0.5, 0.6) is 0 Å². The van der Waals surface area contributed by atoms with Gasteiger partial charge in [0.1, 0.15) is 0 Å². The first-order chi connectivity index (χ1) is 9.83. The highest BCUT2D eigenvalue weighted by atomic mass is 35.5. The largest absolute Gasteiger partial charge is 0.317 e. The van der Waals surface area contributed by atoms with E-state index < -0.39 is 0 Å². The molecule has 1 unspecified atom stereocenters. The van der Waals surface area contributed by atoms with Gasteiger partial charge in [0.15, 0.2) is 0 Å². The van der Waals surface area contributed by atoms with Crippen LogP contribution in [0.2, 0.25) is 5.02 Å². The Balaban J connectivity index is 0.00000121. The van der Waals surface area contributed by atoms with Gasteiger partial charge in [0.2, 0.25) is 0 Å². The molecule has 22 heavy (non-hydrogen) atoms. The first-order valence-corrected chi connectivity index (χ1v) is 8.11. The summed E-state index contributed by atoms with van der Waals surface area (Å²) < 4.78 is 0. The van der Waals surface area contributed by atoms with E-state index in [2.05, 4.69) is 33.7 Å². The van der Waals surface area contributed by atoms with Crippen LogP contribution in [0.25, 0.3) is 0 Å². The van der Waals surface area contributed by atoms with Crippen molar-refractivity contribution in [2.45, 2.75) is 18.9 Å². The lowest BCUT2D eigenvalue weighted by Gasteiger charge is -2.39. The summed E-state index contributed by atoms with van der Waals surface area (Å²) in [5.74, 6) is 0.844. The second-order valence-electron chi connectivity index (χ2n) is 5.96. The van der Waals surface area contributed by atoms with Crippen molar-refractivity contribution in [3.05, 3.63) is 34.9 Å². The molecule has 2 N–H and O–H groups in total. The summed E-state index contributed by atoms with van der Waals surface area (Å²) in [6, 6.07) is 8.82. The third-order valence-electron chi connectivity index (χ3n) is 4.54. The molecule has 2 aliphatic rings. The predicted molar refractivity (Wildman–Crippen MR) is 98.7 cm³/mol. The summed E-state index contributed by atoms with van der Waals surface area (Å²) in [7, 11) is 0. The van der Waals surface area contributed by atoms with Crippen molar-refractivity contribution in [3.63, 3.8) is 0 Å². The zero-order valence-electron chi connectivity index (χ0n) is 12.8. The topological polar surface area (TPSA) is 27.3 Å². The molecule has 2 fully saturated rings. The van der Waals surface area contributed by atoms with E-state index in [0.717, 1.165) is 30.6 Å². The molecule has 2 saturated heterocycles. The molecule has 2 aliphatic heterocycles. The summed E-state index contributed by atoms with van der Waals surface area (Å²) in [6.45, 7) is 6.85. The van der Waals surface area contributed by atoms with Gasteiger partial charge in [0, 0.05) is 37.2 Å². The van der Waals surface area contributed by atoms with Crippen LogP contribution in [0.3, 0.4) is 0 Å². The van der Waals surface area contributed by atoms with E-state index in [1.165, 1.54) is 38.0 Å². The van der Waals surface area contributed by atoms with E-state index >= 15 is 0 Å². The highest BCUT2D eigenvalue weighted by Crippen LogP contribution is 2.26. The van der Waals surface area contributed by atoms with Gasteiger partial charge in [0.25, 0.3) is 0 Å². The van der Waals surface area contributed by atoms with Crippen LogP contribution in [-0.4, -0.2) is 44.2 Å². The molecule has 126 valence electrons. The Labute approximate surface area is 151 Å². The molecule has 0 saturated carbocycles. The van der Waals surface area contributed by atoms with Crippen molar-refractivity contribution >= 4 is 36.4 Å². The fourth-order valence-electron chi connectivity index (χ4n) is 3.40. The molecular formula is C16H26Cl3N3. The monoisotopic (exact) mass is 365 g/mol.